The summed E-state index contributed by atoms with van der Waals surface area (Å²) in [4.78, 5) is 15.9. The number of aromatic nitrogens is 1. The Morgan fingerprint density at radius 3 is 2.50 bits per heavy atom. The quantitative estimate of drug-likeness (QED) is 0.570. The van der Waals surface area contributed by atoms with Gasteiger partial charge in [-0.25, -0.2) is 0 Å². The summed E-state index contributed by atoms with van der Waals surface area (Å²) in [6.45, 7) is 2.34. The molecule has 1 aromatic heterocycles. The topological polar surface area (TPSA) is 39.2 Å². The Labute approximate surface area is 136 Å². The Morgan fingerprint density at radius 2 is 1.82 bits per heavy atom. The molecule has 0 aliphatic rings. The fourth-order valence-electron chi connectivity index (χ4n) is 2.20. The number of hydrogen-bond donors (Lipinski definition) is 0. The molecule has 2 aromatic rings. The summed E-state index contributed by atoms with van der Waals surface area (Å²) in [6.07, 6.45) is 5.93. The van der Waals surface area contributed by atoms with Gasteiger partial charge < -0.3 is 4.74 Å². The fraction of sp³-hybridized carbons (Fsp3) is 0.333. The van der Waals surface area contributed by atoms with Crippen LogP contribution in [0.2, 0.25) is 5.02 Å². The van der Waals surface area contributed by atoms with Crippen molar-refractivity contribution in [2.75, 3.05) is 6.61 Å². The minimum Gasteiger partial charge on any atom is -0.465 e. The number of hydrogen-bond acceptors (Lipinski definition) is 3. The molecule has 0 radical (unpaired) electrons. The van der Waals surface area contributed by atoms with Gasteiger partial charge in [0.1, 0.15) is 0 Å². The molecule has 0 aliphatic heterocycles. The number of carbonyl (C=O) groups excluding carboxylic acids is 1. The summed E-state index contributed by atoms with van der Waals surface area (Å²) in [7, 11) is 0. The van der Waals surface area contributed by atoms with Crippen LogP contribution in [0.4, 0.5) is 0 Å². The van der Waals surface area contributed by atoms with Crippen LogP contribution < -0.4 is 0 Å². The Kier molecular flexibility index (Phi) is 6.41. The molecule has 4 heteroatoms. The second-order valence-electron chi connectivity index (χ2n) is 5.36. The van der Waals surface area contributed by atoms with E-state index >= 15 is 0 Å². The molecule has 0 bridgehead atoms. The molecule has 0 saturated carbocycles. The molecule has 0 spiro atoms. The first-order chi connectivity index (χ1) is 10.6. The highest BCUT2D eigenvalue weighted by Gasteiger charge is 2.14. The molecule has 0 fully saturated rings. The third kappa shape index (κ3) is 5.49. The fourth-order valence-corrected chi connectivity index (χ4v) is 2.32. The lowest BCUT2D eigenvalue weighted by Gasteiger charge is -2.11. The van der Waals surface area contributed by atoms with Crippen molar-refractivity contribution in [1.82, 2.24) is 4.98 Å². The van der Waals surface area contributed by atoms with Crippen LogP contribution in [0.3, 0.4) is 0 Å². The van der Waals surface area contributed by atoms with E-state index in [9.17, 15) is 4.79 Å². The summed E-state index contributed by atoms with van der Waals surface area (Å²) in [6, 6.07) is 11.5. The molecular weight excluding hydrogens is 298 g/mol. The van der Waals surface area contributed by atoms with Gasteiger partial charge >= 0.3 is 5.97 Å². The van der Waals surface area contributed by atoms with Crippen molar-refractivity contribution in [3.63, 3.8) is 0 Å². The zero-order valence-corrected chi connectivity index (χ0v) is 13.4. The van der Waals surface area contributed by atoms with Crippen molar-refractivity contribution in [1.29, 1.82) is 0 Å². The summed E-state index contributed by atoms with van der Waals surface area (Å²) in [5, 5.41) is 0.704. The third-order valence-corrected chi connectivity index (χ3v) is 3.71. The lowest BCUT2D eigenvalue weighted by Crippen LogP contribution is -2.17. The molecule has 3 nitrogen and oxygen atoms in total. The molecule has 2 rings (SSSR count). The maximum atomic E-state index is 12.0. The van der Waals surface area contributed by atoms with E-state index in [0.717, 1.165) is 18.4 Å². The summed E-state index contributed by atoms with van der Waals surface area (Å²) in [5.41, 5.74) is 2.30. The Hall–Kier alpha value is -1.87. The third-order valence-electron chi connectivity index (χ3n) is 3.46. The SMILES string of the molecule is CC(Cc1ccc(Cl)cc1)C(=O)OCCCc1ccncc1. The second kappa shape index (κ2) is 8.54. The van der Waals surface area contributed by atoms with E-state index < -0.39 is 0 Å². The Morgan fingerprint density at radius 1 is 1.14 bits per heavy atom. The Bertz CT molecular complexity index is 584. The first-order valence-electron chi connectivity index (χ1n) is 7.45. The number of halogens is 1. The van der Waals surface area contributed by atoms with E-state index in [-0.39, 0.29) is 11.9 Å². The highest BCUT2D eigenvalue weighted by atomic mass is 35.5. The number of esters is 1. The van der Waals surface area contributed by atoms with Crippen LogP contribution in [0.25, 0.3) is 0 Å². The maximum absolute atomic E-state index is 12.0. The molecule has 0 saturated heterocycles. The van der Waals surface area contributed by atoms with Gasteiger partial charge in [-0.05, 0) is 54.7 Å². The van der Waals surface area contributed by atoms with Crippen LogP contribution in [-0.4, -0.2) is 17.6 Å². The molecular formula is C18H20ClNO2. The average Bonchev–Trinajstić information content (AvgIpc) is 2.54. The standard InChI is InChI=1S/C18H20ClNO2/c1-14(13-16-4-6-17(19)7-5-16)18(21)22-12-2-3-15-8-10-20-11-9-15/h4-11,14H,2-3,12-13H2,1H3. The molecule has 1 unspecified atom stereocenters. The van der Waals surface area contributed by atoms with Gasteiger partial charge in [-0.1, -0.05) is 30.7 Å². The zero-order valence-electron chi connectivity index (χ0n) is 12.7. The molecule has 1 atom stereocenters. The largest absolute Gasteiger partial charge is 0.465 e. The van der Waals surface area contributed by atoms with Crippen molar-refractivity contribution in [3.8, 4) is 0 Å². The normalized spacial score (nSPS) is 11.9. The van der Waals surface area contributed by atoms with Crippen LogP contribution in [0, 0.1) is 5.92 Å². The maximum Gasteiger partial charge on any atom is 0.308 e. The number of rotatable bonds is 7. The van der Waals surface area contributed by atoms with Gasteiger partial charge in [-0.15, -0.1) is 0 Å². The second-order valence-corrected chi connectivity index (χ2v) is 5.79. The molecule has 0 N–H and O–H groups in total. The molecule has 1 aromatic carbocycles. The summed E-state index contributed by atoms with van der Waals surface area (Å²) < 4.78 is 5.34. The molecule has 0 amide bonds. The lowest BCUT2D eigenvalue weighted by molar-refractivity contribution is -0.148. The molecule has 22 heavy (non-hydrogen) atoms. The minimum absolute atomic E-state index is 0.148. The van der Waals surface area contributed by atoms with E-state index in [1.807, 2.05) is 43.3 Å². The predicted octanol–water partition coefficient (Wildman–Crippen LogP) is 4.09. The van der Waals surface area contributed by atoms with Gasteiger partial charge in [-0.2, -0.15) is 0 Å². The molecule has 1 heterocycles. The van der Waals surface area contributed by atoms with Crippen molar-refractivity contribution < 1.29 is 9.53 Å². The number of ether oxygens (including phenoxy) is 1. The van der Waals surface area contributed by atoms with Gasteiger partial charge in [0.05, 0.1) is 12.5 Å². The predicted molar refractivity (Wildman–Crippen MR) is 87.8 cm³/mol. The van der Waals surface area contributed by atoms with Crippen LogP contribution in [0.1, 0.15) is 24.5 Å². The summed E-state index contributed by atoms with van der Waals surface area (Å²) in [5.74, 6) is -0.299. The van der Waals surface area contributed by atoms with E-state index in [1.165, 1.54) is 5.56 Å². The molecule has 116 valence electrons. The van der Waals surface area contributed by atoms with E-state index in [2.05, 4.69) is 4.98 Å². The average molecular weight is 318 g/mol. The zero-order chi connectivity index (χ0) is 15.8. The highest BCUT2D eigenvalue weighted by molar-refractivity contribution is 6.30. The van der Waals surface area contributed by atoms with Crippen molar-refractivity contribution in [3.05, 3.63) is 64.9 Å². The van der Waals surface area contributed by atoms with Crippen LogP contribution >= 0.6 is 11.6 Å². The van der Waals surface area contributed by atoms with Crippen LogP contribution in [0.5, 0.6) is 0 Å². The first kappa shape index (κ1) is 16.5. The Balaban J connectivity index is 1.69. The smallest absolute Gasteiger partial charge is 0.308 e. The number of aryl methyl sites for hydroxylation is 1. The van der Waals surface area contributed by atoms with Crippen molar-refractivity contribution in [2.45, 2.75) is 26.2 Å². The number of nitrogens with zero attached hydrogens (tertiary/aromatic N) is 1. The number of pyridine rings is 1. The van der Waals surface area contributed by atoms with Gasteiger partial charge in [-0.3, -0.25) is 9.78 Å². The monoisotopic (exact) mass is 317 g/mol. The van der Waals surface area contributed by atoms with Gasteiger partial charge in [0.15, 0.2) is 0 Å². The summed E-state index contributed by atoms with van der Waals surface area (Å²) >= 11 is 5.85. The highest BCUT2D eigenvalue weighted by Crippen LogP contribution is 2.14. The molecule has 0 aliphatic carbocycles. The van der Waals surface area contributed by atoms with Gasteiger partial charge in [0.2, 0.25) is 0 Å². The first-order valence-corrected chi connectivity index (χ1v) is 7.83. The van der Waals surface area contributed by atoms with Crippen molar-refractivity contribution >= 4 is 17.6 Å². The van der Waals surface area contributed by atoms with Gasteiger partial charge in [0, 0.05) is 17.4 Å². The van der Waals surface area contributed by atoms with Gasteiger partial charge in [0.25, 0.3) is 0 Å². The number of benzene rings is 1. The van der Waals surface area contributed by atoms with E-state index in [0.29, 0.717) is 18.1 Å². The van der Waals surface area contributed by atoms with Crippen LogP contribution in [0.15, 0.2) is 48.8 Å². The van der Waals surface area contributed by atoms with Crippen LogP contribution in [-0.2, 0) is 22.4 Å². The van der Waals surface area contributed by atoms with E-state index in [1.54, 1.807) is 12.4 Å². The number of carbonyl (C=O) groups is 1. The minimum atomic E-state index is -0.151. The van der Waals surface area contributed by atoms with E-state index in [4.69, 9.17) is 16.3 Å². The lowest BCUT2D eigenvalue weighted by atomic mass is 10.0. The van der Waals surface area contributed by atoms with Crippen molar-refractivity contribution in [2.24, 2.45) is 5.92 Å².